The van der Waals surface area contributed by atoms with Gasteiger partial charge in [0.1, 0.15) is 5.76 Å². The third-order valence-corrected chi connectivity index (χ3v) is 2.78. The van der Waals surface area contributed by atoms with Crippen molar-refractivity contribution < 1.29 is 9.32 Å². The van der Waals surface area contributed by atoms with E-state index in [0.29, 0.717) is 18.1 Å². The molecule has 0 atom stereocenters. The molecule has 2 amide bonds. The number of hydrogen-bond donors (Lipinski definition) is 2. The number of carbonyl (C=O) groups is 1. The summed E-state index contributed by atoms with van der Waals surface area (Å²) >= 11 is 0. The van der Waals surface area contributed by atoms with E-state index in [1.54, 1.807) is 13.0 Å². The number of carbonyl (C=O) groups excluding carboxylic acids is 1. The maximum Gasteiger partial charge on any atom is 0.320 e. The minimum atomic E-state index is -0.310. The number of nitrogens with zero attached hydrogens (tertiary/aromatic N) is 2. The molecule has 0 aliphatic rings. The van der Waals surface area contributed by atoms with Crippen LogP contribution in [0.1, 0.15) is 11.3 Å². The van der Waals surface area contributed by atoms with Gasteiger partial charge in [0, 0.05) is 32.4 Å². The number of aromatic nitrogens is 1. The van der Waals surface area contributed by atoms with Gasteiger partial charge < -0.3 is 14.7 Å². The number of anilines is 2. The predicted molar refractivity (Wildman–Crippen MR) is 77.9 cm³/mol. The molecule has 0 fully saturated rings. The lowest BCUT2D eigenvalue weighted by molar-refractivity contribution is 0.251. The number of amides is 2. The highest BCUT2D eigenvalue weighted by atomic mass is 16.5. The van der Waals surface area contributed by atoms with Crippen molar-refractivity contribution in [1.82, 2.24) is 10.5 Å². The Balaban J connectivity index is 1.83. The van der Waals surface area contributed by atoms with Crippen LogP contribution in [0.4, 0.5) is 16.3 Å². The molecule has 20 heavy (non-hydrogen) atoms. The van der Waals surface area contributed by atoms with Gasteiger partial charge in [-0.1, -0.05) is 17.3 Å². The zero-order valence-corrected chi connectivity index (χ0v) is 11.8. The van der Waals surface area contributed by atoms with Crippen LogP contribution in [-0.2, 0) is 6.54 Å². The first-order chi connectivity index (χ1) is 9.54. The molecule has 1 heterocycles. The van der Waals surface area contributed by atoms with Crippen LogP contribution in [0.3, 0.4) is 0 Å². The summed E-state index contributed by atoms with van der Waals surface area (Å²) in [5, 5.41) is 9.05. The second-order valence-electron chi connectivity index (χ2n) is 4.69. The average Bonchev–Trinajstić information content (AvgIpc) is 2.82. The zero-order valence-electron chi connectivity index (χ0n) is 11.8. The van der Waals surface area contributed by atoms with Gasteiger partial charge in [-0.3, -0.25) is 5.32 Å². The monoisotopic (exact) mass is 274 g/mol. The minimum absolute atomic E-state index is 0.310. The van der Waals surface area contributed by atoms with E-state index >= 15 is 0 Å². The van der Waals surface area contributed by atoms with E-state index in [9.17, 15) is 4.79 Å². The van der Waals surface area contributed by atoms with Crippen LogP contribution in [0, 0.1) is 6.92 Å². The first-order valence-electron chi connectivity index (χ1n) is 6.29. The summed E-state index contributed by atoms with van der Waals surface area (Å²) < 4.78 is 4.87. The van der Waals surface area contributed by atoms with E-state index in [4.69, 9.17) is 4.52 Å². The molecule has 2 aromatic rings. The van der Waals surface area contributed by atoms with Gasteiger partial charge in [-0.25, -0.2) is 4.79 Å². The number of hydrogen-bond acceptors (Lipinski definition) is 4. The van der Waals surface area contributed by atoms with Gasteiger partial charge in [-0.2, -0.15) is 0 Å². The van der Waals surface area contributed by atoms with E-state index < -0.39 is 0 Å². The summed E-state index contributed by atoms with van der Waals surface area (Å²) in [7, 11) is 3.97. The Hall–Kier alpha value is -2.50. The molecule has 106 valence electrons. The van der Waals surface area contributed by atoms with Crippen LogP contribution in [0.25, 0.3) is 0 Å². The van der Waals surface area contributed by atoms with Crippen molar-refractivity contribution in [2.75, 3.05) is 24.3 Å². The quantitative estimate of drug-likeness (QED) is 0.898. The molecule has 0 saturated heterocycles. The molecule has 0 saturated carbocycles. The largest absolute Gasteiger partial charge is 0.378 e. The maximum atomic E-state index is 11.7. The topological polar surface area (TPSA) is 70.4 Å². The molecule has 0 spiro atoms. The molecule has 0 bridgehead atoms. The fraction of sp³-hybridized carbons (Fsp3) is 0.286. The number of urea groups is 1. The van der Waals surface area contributed by atoms with Gasteiger partial charge in [-0.15, -0.1) is 0 Å². The highest BCUT2D eigenvalue weighted by molar-refractivity contribution is 5.88. The molecule has 0 radical (unpaired) electrons. The van der Waals surface area contributed by atoms with E-state index in [1.807, 2.05) is 43.3 Å². The summed E-state index contributed by atoms with van der Waals surface area (Å²) in [6, 6.07) is 9.33. The molecule has 1 aromatic carbocycles. The van der Waals surface area contributed by atoms with Crippen molar-refractivity contribution in [1.29, 1.82) is 0 Å². The van der Waals surface area contributed by atoms with Crippen LogP contribution in [0.5, 0.6) is 0 Å². The molecule has 0 aliphatic heterocycles. The van der Waals surface area contributed by atoms with E-state index in [2.05, 4.69) is 15.8 Å². The van der Waals surface area contributed by atoms with E-state index in [-0.39, 0.29) is 6.03 Å². The summed E-state index contributed by atoms with van der Waals surface area (Å²) in [5.74, 6) is 1.06. The van der Waals surface area contributed by atoms with Gasteiger partial charge in [-0.05, 0) is 24.6 Å². The van der Waals surface area contributed by atoms with Crippen LogP contribution >= 0.6 is 0 Å². The molecule has 2 N–H and O–H groups in total. The molecule has 2 rings (SSSR count). The normalized spacial score (nSPS) is 10.2. The standard InChI is InChI=1S/C14H18N4O2/c1-10-8-13(17-20-10)16-14(19)15-9-11-4-6-12(7-5-11)18(2)3/h4-8H,9H2,1-3H3,(H2,15,16,17,19). The number of nitrogens with one attached hydrogen (secondary N) is 2. The Labute approximate surface area is 117 Å². The first-order valence-corrected chi connectivity index (χ1v) is 6.29. The predicted octanol–water partition coefficient (Wildman–Crippen LogP) is 2.37. The van der Waals surface area contributed by atoms with Gasteiger partial charge in [0.15, 0.2) is 5.82 Å². The third kappa shape index (κ3) is 3.74. The Kier molecular flexibility index (Phi) is 4.24. The molecular weight excluding hydrogens is 256 g/mol. The Morgan fingerprint density at radius 2 is 2.00 bits per heavy atom. The third-order valence-electron chi connectivity index (χ3n) is 2.78. The van der Waals surface area contributed by atoms with Gasteiger partial charge in [0.25, 0.3) is 0 Å². The lowest BCUT2D eigenvalue weighted by atomic mass is 10.2. The van der Waals surface area contributed by atoms with Crippen LogP contribution < -0.4 is 15.5 Å². The van der Waals surface area contributed by atoms with Crippen molar-refractivity contribution in [2.24, 2.45) is 0 Å². The van der Waals surface area contributed by atoms with Crippen molar-refractivity contribution in [2.45, 2.75) is 13.5 Å². The fourth-order valence-corrected chi connectivity index (χ4v) is 1.68. The zero-order chi connectivity index (χ0) is 14.5. The van der Waals surface area contributed by atoms with Crippen molar-refractivity contribution in [3.63, 3.8) is 0 Å². The molecule has 6 nitrogen and oxygen atoms in total. The number of benzene rings is 1. The Morgan fingerprint density at radius 3 is 2.55 bits per heavy atom. The van der Waals surface area contributed by atoms with Gasteiger partial charge in [0.05, 0.1) is 0 Å². The highest BCUT2D eigenvalue weighted by Gasteiger charge is 2.05. The average molecular weight is 274 g/mol. The van der Waals surface area contributed by atoms with Crippen molar-refractivity contribution in [3.8, 4) is 0 Å². The lowest BCUT2D eigenvalue weighted by Gasteiger charge is -2.12. The summed E-state index contributed by atoms with van der Waals surface area (Å²) in [5.41, 5.74) is 2.15. The van der Waals surface area contributed by atoms with Gasteiger partial charge in [0.2, 0.25) is 0 Å². The smallest absolute Gasteiger partial charge is 0.320 e. The molecule has 0 unspecified atom stereocenters. The van der Waals surface area contributed by atoms with E-state index in [0.717, 1.165) is 11.3 Å². The number of rotatable bonds is 4. The summed E-state index contributed by atoms with van der Waals surface area (Å²) in [6.07, 6.45) is 0. The molecule has 6 heteroatoms. The second kappa shape index (κ2) is 6.10. The van der Waals surface area contributed by atoms with E-state index in [1.165, 1.54) is 0 Å². The Morgan fingerprint density at radius 1 is 1.30 bits per heavy atom. The highest BCUT2D eigenvalue weighted by Crippen LogP contribution is 2.12. The SMILES string of the molecule is Cc1cc(NC(=O)NCc2ccc(N(C)C)cc2)no1. The van der Waals surface area contributed by atoms with Crippen LogP contribution in [0.2, 0.25) is 0 Å². The molecule has 1 aromatic heterocycles. The Bertz CT molecular complexity index is 575. The molecule has 0 aliphatic carbocycles. The summed E-state index contributed by atoms with van der Waals surface area (Å²) in [6.45, 7) is 2.22. The molecular formula is C14H18N4O2. The van der Waals surface area contributed by atoms with Gasteiger partial charge >= 0.3 is 6.03 Å². The minimum Gasteiger partial charge on any atom is -0.378 e. The van der Waals surface area contributed by atoms with Crippen molar-refractivity contribution in [3.05, 3.63) is 41.7 Å². The lowest BCUT2D eigenvalue weighted by Crippen LogP contribution is -2.28. The first kappa shape index (κ1) is 13.9. The van der Waals surface area contributed by atoms with Crippen molar-refractivity contribution >= 4 is 17.5 Å². The maximum absolute atomic E-state index is 11.7. The second-order valence-corrected chi connectivity index (χ2v) is 4.69. The fourth-order valence-electron chi connectivity index (χ4n) is 1.68. The van der Waals surface area contributed by atoms with Crippen LogP contribution in [0.15, 0.2) is 34.9 Å². The summed E-state index contributed by atoms with van der Waals surface area (Å²) in [4.78, 5) is 13.7. The van der Waals surface area contributed by atoms with Crippen LogP contribution in [-0.4, -0.2) is 25.3 Å². The number of aryl methyl sites for hydroxylation is 1.